The molecule has 0 heterocycles. The molecule has 1 aromatic rings. The molecule has 18 heavy (non-hydrogen) atoms. The summed E-state index contributed by atoms with van der Waals surface area (Å²) in [4.78, 5) is 0. The van der Waals surface area contributed by atoms with E-state index in [9.17, 15) is 8.42 Å². The van der Waals surface area contributed by atoms with E-state index in [-0.39, 0.29) is 11.3 Å². The van der Waals surface area contributed by atoms with Gasteiger partial charge in [0.2, 0.25) is 0 Å². The van der Waals surface area contributed by atoms with Crippen molar-refractivity contribution < 1.29 is 8.42 Å². The molecule has 1 aromatic carbocycles. The Hall–Kier alpha value is -1.03. The molecule has 0 aliphatic heterocycles. The predicted molar refractivity (Wildman–Crippen MR) is 75.8 cm³/mol. The van der Waals surface area contributed by atoms with Crippen LogP contribution in [0.4, 0.5) is 5.69 Å². The molecule has 0 bridgehead atoms. The van der Waals surface area contributed by atoms with Crippen LogP contribution in [0.15, 0.2) is 18.2 Å². The van der Waals surface area contributed by atoms with Gasteiger partial charge in [-0.25, -0.2) is 8.42 Å². The fourth-order valence-corrected chi connectivity index (χ4v) is 4.27. The fraction of sp³-hybridized carbons (Fsp3) is 0.571. The Labute approximate surface area is 110 Å². The number of nitrogens with one attached hydrogen (secondary N) is 1. The lowest BCUT2D eigenvalue weighted by Gasteiger charge is -2.21. The van der Waals surface area contributed by atoms with Gasteiger partial charge in [0.25, 0.3) is 0 Å². The number of rotatable bonds is 3. The highest BCUT2D eigenvalue weighted by atomic mass is 32.2. The molecule has 0 saturated heterocycles. The van der Waals surface area contributed by atoms with Crippen molar-refractivity contribution in [3.63, 3.8) is 0 Å². The van der Waals surface area contributed by atoms with Crippen LogP contribution >= 0.6 is 0 Å². The second kappa shape index (κ2) is 4.92. The quantitative estimate of drug-likeness (QED) is 0.916. The van der Waals surface area contributed by atoms with Crippen molar-refractivity contribution in [3.8, 4) is 0 Å². The smallest absolute Gasteiger partial charge is 0.152 e. The van der Waals surface area contributed by atoms with Crippen LogP contribution in [0.2, 0.25) is 0 Å². The Bertz CT molecular complexity index is 516. The SMILES string of the molecule is Cc1cc(C)cc(NC2CCCC2S(C)(=O)=O)c1. The number of aryl methyl sites for hydroxylation is 2. The number of hydrogen-bond donors (Lipinski definition) is 1. The zero-order chi connectivity index (χ0) is 13.3. The summed E-state index contributed by atoms with van der Waals surface area (Å²) in [5.74, 6) is 0. The lowest BCUT2D eigenvalue weighted by Crippen LogP contribution is -2.34. The Morgan fingerprint density at radius 3 is 2.28 bits per heavy atom. The summed E-state index contributed by atoms with van der Waals surface area (Å²) >= 11 is 0. The fourth-order valence-electron chi connectivity index (χ4n) is 2.88. The Balaban J connectivity index is 2.18. The van der Waals surface area contributed by atoms with E-state index in [1.807, 2.05) is 0 Å². The van der Waals surface area contributed by atoms with Gasteiger partial charge in [0.05, 0.1) is 5.25 Å². The van der Waals surface area contributed by atoms with E-state index in [4.69, 9.17) is 0 Å². The third-order valence-electron chi connectivity index (χ3n) is 3.58. The number of anilines is 1. The molecule has 1 N–H and O–H groups in total. The first-order valence-corrected chi connectivity index (χ1v) is 8.35. The van der Waals surface area contributed by atoms with Gasteiger partial charge >= 0.3 is 0 Å². The van der Waals surface area contributed by atoms with Crippen molar-refractivity contribution >= 4 is 15.5 Å². The molecule has 0 amide bonds. The van der Waals surface area contributed by atoms with Crippen LogP contribution in [0, 0.1) is 13.8 Å². The molecule has 4 heteroatoms. The zero-order valence-corrected chi connectivity index (χ0v) is 12.0. The summed E-state index contributed by atoms with van der Waals surface area (Å²) in [6.45, 7) is 4.11. The molecule has 1 fully saturated rings. The lowest BCUT2D eigenvalue weighted by molar-refractivity contribution is 0.579. The van der Waals surface area contributed by atoms with Gasteiger partial charge in [0, 0.05) is 18.0 Å². The van der Waals surface area contributed by atoms with Crippen LogP contribution in [0.1, 0.15) is 30.4 Å². The van der Waals surface area contributed by atoms with Gasteiger partial charge in [-0.15, -0.1) is 0 Å². The molecule has 0 aromatic heterocycles. The molecule has 0 radical (unpaired) electrons. The predicted octanol–water partition coefficient (Wildman–Crippen LogP) is 2.68. The van der Waals surface area contributed by atoms with E-state index in [0.29, 0.717) is 0 Å². The second-order valence-corrected chi connectivity index (χ2v) is 7.69. The molecule has 2 rings (SSSR count). The van der Waals surface area contributed by atoms with E-state index in [0.717, 1.165) is 24.9 Å². The van der Waals surface area contributed by atoms with Crippen LogP contribution in [-0.2, 0) is 9.84 Å². The van der Waals surface area contributed by atoms with Crippen LogP contribution in [0.3, 0.4) is 0 Å². The number of benzene rings is 1. The highest BCUT2D eigenvalue weighted by Crippen LogP contribution is 2.28. The van der Waals surface area contributed by atoms with Crippen LogP contribution in [0.25, 0.3) is 0 Å². The maximum Gasteiger partial charge on any atom is 0.152 e. The van der Waals surface area contributed by atoms with E-state index in [1.165, 1.54) is 17.4 Å². The molecule has 2 unspecified atom stereocenters. The van der Waals surface area contributed by atoms with E-state index in [2.05, 4.69) is 37.4 Å². The highest BCUT2D eigenvalue weighted by Gasteiger charge is 2.34. The molecule has 100 valence electrons. The standard InChI is InChI=1S/C14H21NO2S/c1-10-7-11(2)9-12(8-10)15-13-5-4-6-14(13)18(3,16)17/h7-9,13-15H,4-6H2,1-3H3. The molecular formula is C14H21NO2S. The van der Waals surface area contributed by atoms with Gasteiger partial charge < -0.3 is 5.32 Å². The Kier molecular flexibility index (Phi) is 3.66. The summed E-state index contributed by atoms with van der Waals surface area (Å²) < 4.78 is 23.5. The normalized spacial score (nSPS) is 24.2. The molecule has 1 saturated carbocycles. The van der Waals surface area contributed by atoms with Crippen LogP contribution in [-0.4, -0.2) is 26.0 Å². The monoisotopic (exact) mass is 267 g/mol. The Morgan fingerprint density at radius 2 is 1.72 bits per heavy atom. The first-order valence-electron chi connectivity index (χ1n) is 6.40. The van der Waals surface area contributed by atoms with Gasteiger partial charge in [-0.05, 0) is 56.4 Å². The Morgan fingerprint density at radius 1 is 1.11 bits per heavy atom. The maximum atomic E-state index is 11.7. The van der Waals surface area contributed by atoms with Crippen LogP contribution in [0.5, 0.6) is 0 Å². The third kappa shape index (κ3) is 3.05. The largest absolute Gasteiger partial charge is 0.381 e. The molecule has 0 spiro atoms. The van der Waals surface area contributed by atoms with Gasteiger partial charge in [0.1, 0.15) is 0 Å². The van der Waals surface area contributed by atoms with Crippen molar-refractivity contribution in [1.82, 2.24) is 0 Å². The van der Waals surface area contributed by atoms with Crippen molar-refractivity contribution in [3.05, 3.63) is 29.3 Å². The third-order valence-corrected chi connectivity index (χ3v) is 5.24. The molecule has 1 aliphatic rings. The van der Waals surface area contributed by atoms with Crippen molar-refractivity contribution in [2.24, 2.45) is 0 Å². The van der Waals surface area contributed by atoms with Crippen molar-refractivity contribution in [2.45, 2.75) is 44.4 Å². The molecule has 3 nitrogen and oxygen atoms in total. The number of hydrogen-bond acceptors (Lipinski definition) is 3. The van der Waals surface area contributed by atoms with Gasteiger partial charge in [-0.2, -0.15) is 0 Å². The average molecular weight is 267 g/mol. The van der Waals surface area contributed by atoms with E-state index >= 15 is 0 Å². The van der Waals surface area contributed by atoms with Crippen molar-refractivity contribution in [2.75, 3.05) is 11.6 Å². The van der Waals surface area contributed by atoms with Gasteiger partial charge in [-0.3, -0.25) is 0 Å². The summed E-state index contributed by atoms with van der Waals surface area (Å²) in [7, 11) is -2.95. The maximum absolute atomic E-state index is 11.7. The van der Waals surface area contributed by atoms with E-state index in [1.54, 1.807) is 0 Å². The topological polar surface area (TPSA) is 46.2 Å². The summed E-state index contributed by atoms with van der Waals surface area (Å²) in [5.41, 5.74) is 3.44. The highest BCUT2D eigenvalue weighted by molar-refractivity contribution is 7.91. The summed E-state index contributed by atoms with van der Waals surface area (Å²) in [6.07, 6.45) is 4.05. The first kappa shape index (κ1) is 13.4. The minimum Gasteiger partial charge on any atom is -0.381 e. The minimum atomic E-state index is -2.95. The molecule has 1 aliphatic carbocycles. The second-order valence-electron chi connectivity index (χ2n) is 5.43. The van der Waals surface area contributed by atoms with Crippen molar-refractivity contribution in [1.29, 1.82) is 0 Å². The molecule has 2 atom stereocenters. The summed E-state index contributed by atoms with van der Waals surface area (Å²) in [5, 5.41) is 3.16. The average Bonchev–Trinajstić information content (AvgIpc) is 2.63. The van der Waals surface area contributed by atoms with Gasteiger partial charge in [-0.1, -0.05) is 6.07 Å². The van der Waals surface area contributed by atoms with Gasteiger partial charge in [0.15, 0.2) is 9.84 Å². The lowest BCUT2D eigenvalue weighted by atomic mass is 10.1. The van der Waals surface area contributed by atoms with E-state index < -0.39 is 9.84 Å². The summed E-state index contributed by atoms with van der Waals surface area (Å²) in [6, 6.07) is 6.32. The number of sulfone groups is 1. The molecular weight excluding hydrogens is 246 g/mol. The zero-order valence-electron chi connectivity index (χ0n) is 11.2. The minimum absolute atomic E-state index is 0.0567. The van der Waals surface area contributed by atoms with Crippen LogP contribution < -0.4 is 5.32 Å². The first-order chi connectivity index (χ1) is 8.36.